The third kappa shape index (κ3) is 5.15. The highest BCUT2D eigenvalue weighted by atomic mass is 19.1. The third-order valence-corrected chi connectivity index (χ3v) is 6.86. The molecule has 6 rings (SSSR count). The van der Waals surface area contributed by atoms with E-state index in [1.165, 1.54) is 6.07 Å². The first-order valence-electron chi connectivity index (χ1n) is 12.7. The maximum Gasteiger partial charge on any atom is 0.335 e. The van der Waals surface area contributed by atoms with E-state index >= 15 is 8.78 Å². The molecular formula is C29H25F2N5O4. The molecule has 1 aliphatic rings. The minimum absolute atomic E-state index is 0.00649. The molecule has 3 aromatic heterocycles. The number of carboxylic acids is 1. The van der Waals surface area contributed by atoms with Gasteiger partial charge in [0, 0.05) is 37.9 Å². The van der Waals surface area contributed by atoms with Gasteiger partial charge in [0.2, 0.25) is 5.88 Å². The largest absolute Gasteiger partial charge is 0.478 e. The minimum atomic E-state index is -1.06. The van der Waals surface area contributed by atoms with Crippen molar-refractivity contribution in [3.05, 3.63) is 95.3 Å². The van der Waals surface area contributed by atoms with Crippen molar-refractivity contribution in [2.75, 3.05) is 6.61 Å². The summed E-state index contributed by atoms with van der Waals surface area (Å²) in [4.78, 5) is 24.7. The van der Waals surface area contributed by atoms with Gasteiger partial charge in [-0.15, -0.1) is 0 Å². The van der Waals surface area contributed by atoms with Crippen molar-refractivity contribution in [2.24, 2.45) is 7.05 Å². The molecule has 5 aromatic rings. The quantitative estimate of drug-likeness (QED) is 0.285. The van der Waals surface area contributed by atoms with Gasteiger partial charge in [0.1, 0.15) is 24.1 Å². The van der Waals surface area contributed by atoms with Gasteiger partial charge in [0.05, 0.1) is 47.0 Å². The van der Waals surface area contributed by atoms with Crippen LogP contribution < -0.4 is 4.74 Å². The van der Waals surface area contributed by atoms with Gasteiger partial charge in [-0.1, -0.05) is 6.07 Å². The van der Waals surface area contributed by atoms with Crippen molar-refractivity contribution in [3.63, 3.8) is 0 Å². The number of benzene rings is 2. The van der Waals surface area contributed by atoms with Crippen molar-refractivity contribution in [1.29, 1.82) is 0 Å². The molecule has 40 heavy (non-hydrogen) atoms. The predicted molar refractivity (Wildman–Crippen MR) is 141 cm³/mol. The molecule has 0 radical (unpaired) electrons. The molecular weight excluding hydrogens is 520 g/mol. The Morgan fingerprint density at radius 3 is 2.73 bits per heavy atom. The van der Waals surface area contributed by atoms with E-state index in [4.69, 9.17) is 9.47 Å². The van der Waals surface area contributed by atoms with E-state index in [0.29, 0.717) is 35.7 Å². The number of aromatic nitrogens is 5. The van der Waals surface area contributed by atoms with E-state index in [-0.39, 0.29) is 47.4 Å². The number of hydrogen-bond acceptors (Lipinski definition) is 6. The van der Waals surface area contributed by atoms with Crippen molar-refractivity contribution < 1.29 is 28.2 Å². The number of halogens is 2. The smallest absolute Gasteiger partial charge is 0.335 e. The van der Waals surface area contributed by atoms with Crippen molar-refractivity contribution in [1.82, 2.24) is 24.1 Å². The molecule has 1 atom stereocenters. The number of aromatic carboxylic acids is 1. The number of ether oxygens (including phenoxy) is 2. The normalized spacial score (nSPS) is 14.8. The van der Waals surface area contributed by atoms with Crippen LogP contribution in [0.5, 0.6) is 5.88 Å². The van der Waals surface area contributed by atoms with Crippen LogP contribution in [0.15, 0.2) is 61.1 Å². The Bertz CT molecular complexity index is 1730. The summed E-state index contributed by atoms with van der Waals surface area (Å²) in [6, 6.07) is 11.8. The molecule has 0 aliphatic carbocycles. The first-order chi connectivity index (χ1) is 19.3. The maximum absolute atomic E-state index is 15.4. The number of carboxylic acid groups (broad SMARTS) is 1. The number of nitrogens with zero attached hydrogens (tertiary/aromatic N) is 5. The Morgan fingerprint density at radius 1 is 1.15 bits per heavy atom. The summed E-state index contributed by atoms with van der Waals surface area (Å²) in [5, 5.41) is 9.44. The summed E-state index contributed by atoms with van der Waals surface area (Å²) < 4.78 is 45.6. The fourth-order valence-corrected chi connectivity index (χ4v) is 4.70. The summed E-state index contributed by atoms with van der Waals surface area (Å²) >= 11 is 0. The molecule has 1 aliphatic heterocycles. The monoisotopic (exact) mass is 545 g/mol. The van der Waals surface area contributed by atoms with E-state index in [2.05, 4.69) is 15.0 Å². The van der Waals surface area contributed by atoms with E-state index in [9.17, 15) is 9.90 Å². The molecule has 0 spiro atoms. The second-order valence-corrected chi connectivity index (χ2v) is 9.71. The highest BCUT2D eigenvalue weighted by molar-refractivity contribution is 5.92. The zero-order chi connectivity index (χ0) is 27.8. The summed E-state index contributed by atoms with van der Waals surface area (Å²) in [6.45, 7) is 1.28. The van der Waals surface area contributed by atoms with Crippen LogP contribution in [0, 0.1) is 11.6 Å². The molecule has 0 saturated carbocycles. The molecule has 204 valence electrons. The van der Waals surface area contributed by atoms with E-state index < -0.39 is 17.6 Å². The summed E-state index contributed by atoms with van der Waals surface area (Å²) in [5.41, 5.74) is 2.37. The number of aryl methyl sites for hydroxylation is 1. The van der Waals surface area contributed by atoms with Gasteiger partial charge in [-0.05, 0) is 48.4 Å². The Balaban J connectivity index is 1.28. The average molecular weight is 546 g/mol. The van der Waals surface area contributed by atoms with Crippen molar-refractivity contribution >= 4 is 17.0 Å². The van der Waals surface area contributed by atoms with Crippen LogP contribution in [0.3, 0.4) is 0 Å². The molecule has 4 heterocycles. The fraction of sp³-hybridized carbons (Fsp3) is 0.241. The zero-order valence-corrected chi connectivity index (χ0v) is 21.6. The topological polar surface area (TPSA) is 104 Å². The molecule has 1 N–H and O–H groups in total. The van der Waals surface area contributed by atoms with E-state index in [0.717, 1.165) is 18.6 Å². The van der Waals surface area contributed by atoms with Crippen molar-refractivity contribution in [2.45, 2.75) is 32.1 Å². The summed E-state index contributed by atoms with van der Waals surface area (Å²) in [6.07, 6.45) is 4.29. The summed E-state index contributed by atoms with van der Waals surface area (Å²) in [5.74, 6) is -1.55. The molecule has 11 heteroatoms. The van der Waals surface area contributed by atoms with Crippen LogP contribution in [0.1, 0.15) is 33.9 Å². The first kappa shape index (κ1) is 25.6. The van der Waals surface area contributed by atoms with Crippen molar-refractivity contribution in [3.8, 4) is 17.1 Å². The lowest BCUT2D eigenvalue weighted by Crippen LogP contribution is -2.31. The highest BCUT2D eigenvalue weighted by Gasteiger charge is 2.23. The second-order valence-electron chi connectivity index (χ2n) is 9.71. The van der Waals surface area contributed by atoms with E-state index in [1.54, 1.807) is 41.2 Å². The number of hydrogen-bond donors (Lipinski definition) is 1. The minimum Gasteiger partial charge on any atom is -0.478 e. The average Bonchev–Trinajstić information content (AvgIpc) is 3.49. The van der Waals surface area contributed by atoms with Crippen LogP contribution >= 0.6 is 0 Å². The lowest BCUT2D eigenvalue weighted by Gasteiger charge is -2.27. The number of carbonyl (C=O) groups is 1. The van der Waals surface area contributed by atoms with Gasteiger partial charge in [0.25, 0.3) is 0 Å². The number of fused-ring (bicyclic) bond motifs is 1. The molecule has 1 fully saturated rings. The first-order valence-corrected chi connectivity index (χ1v) is 12.7. The standard InChI is InChI=1S/C29H25F2N5O4/c1-35-13-19(32-16-35)15-40-28-4-2-3-24(34-28)21-12-22(30)18(9-23(21)31)11-27-33-25-6-5-17(29(37)38)10-26(25)36(27)14-20-7-8-39-20/h2-6,9-10,12-13,16,20H,7-8,11,14-15H2,1H3,(H,37,38)/t20-/m0/s1. The number of pyridine rings is 1. The van der Waals surface area contributed by atoms with Crippen LogP contribution in [0.2, 0.25) is 0 Å². The van der Waals surface area contributed by atoms with Gasteiger partial charge in [-0.3, -0.25) is 0 Å². The van der Waals surface area contributed by atoms with Gasteiger partial charge >= 0.3 is 5.97 Å². The second kappa shape index (κ2) is 10.5. The lowest BCUT2D eigenvalue weighted by molar-refractivity contribution is -0.0589. The Morgan fingerprint density at radius 2 is 2.00 bits per heavy atom. The fourth-order valence-electron chi connectivity index (χ4n) is 4.70. The Hall–Kier alpha value is -4.64. The molecule has 0 bridgehead atoms. The molecule has 0 unspecified atom stereocenters. The summed E-state index contributed by atoms with van der Waals surface area (Å²) in [7, 11) is 1.85. The number of rotatable bonds is 9. The zero-order valence-electron chi connectivity index (χ0n) is 21.6. The van der Waals surface area contributed by atoms with Crippen LogP contribution in [-0.4, -0.2) is 47.9 Å². The Labute approximate surface area is 227 Å². The van der Waals surface area contributed by atoms with Gasteiger partial charge in [-0.2, -0.15) is 0 Å². The molecule has 0 amide bonds. The Kier molecular flexibility index (Phi) is 6.72. The molecule has 2 aromatic carbocycles. The lowest BCUT2D eigenvalue weighted by atomic mass is 10.0. The highest BCUT2D eigenvalue weighted by Crippen LogP contribution is 2.29. The van der Waals surface area contributed by atoms with Gasteiger partial charge in [0.15, 0.2) is 0 Å². The van der Waals surface area contributed by atoms with Crippen LogP contribution in [-0.2, 0) is 31.4 Å². The predicted octanol–water partition coefficient (Wildman–Crippen LogP) is 4.77. The SMILES string of the molecule is Cn1cnc(COc2cccc(-c3cc(F)c(Cc4nc5ccc(C(=O)O)cc5n4C[C@@H]4CCO4)cc3F)n2)c1. The third-order valence-electron chi connectivity index (χ3n) is 6.86. The molecule has 1 saturated heterocycles. The van der Waals surface area contributed by atoms with E-state index in [1.807, 2.05) is 17.8 Å². The van der Waals surface area contributed by atoms with Gasteiger partial charge < -0.3 is 23.7 Å². The number of imidazole rings is 2. The van der Waals surface area contributed by atoms with Crippen LogP contribution in [0.4, 0.5) is 8.78 Å². The molecule has 9 nitrogen and oxygen atoms in total. The van der Waals surface area contributed by atoms with Crippen LogP contribution in [0.25, 0.3) is 22.3 Å². The van der Waals surface area contributed by atoms with Gasteiger partial charge in [-0.25, -0.2) is 28.5 Å². The maximum atomic E-state index is 15.4.